The summed E-state index contributed by atoms with van der Waals surface area (Å²) in [5.74, 6) is -0.0316. The molecule has 0 spiro atoms. The van der Waals surface area contributed by atoms with E-state index in [9.17, 15) is 18.0 Å². The third-order valence-corrected chi connectivity index (χ3v) is 5.93. The number of rotatable bonds is 3. The van der Waals surface area contributed by atoms with Gasteiger partial charge < -0.3 is 10.6 Å². The molecular weight excluding hydrogens is 446 g/mol. The number of amides is 1. The first-order valence-corrected chi connectivity index (χ1v) is 9.59. The molecule has 3 rings (SSSR count). The highest BCUT2D eigenvalue weighted by atomic mass is 35.5. The van der Waals surface area contributed by atoms with Crippen molar-refractivity contribution in [3.05, 3.63) is 40.9 Å². The molecule has 2 heterocycles. The number of halogens is 5. The molecule has 1 unspecified atom stereocenters. The van der Waals surface area contributed by atoms with Gasteiger partial charge in [0.05, 0.1) is 17.7 Å². The minimum Gasteiger partial charge on any atom is -0.342 e. The van der Waals surface area contributed by atoms with Crippen LogP contribution in [0.3, 0.4) is 0 Å². The largest absolute Gasteiger partial charge is 0.416 e. The van der Waals surface area contributed by atoms with E-state index >= 15 is 0 Å². The number of benzene rings is 1. The molecule has 2 N–H and O–H groups in total. The van der Waals surface area contributed by atoms with Crippen LogP contribution < -0.4 is 5.73 Å². The highest BCUT2D eigenvalue weighted by Crippen LogP contribution is 2.33. The average Bonchev–Trinajstić information content (AvgIpc) is 3.05. The van der Waals surface area contributed by atoms with E-state index in [2.05, 4.69) is 4.98 Å². The summed E-state index contributed by atoms with van der Waals surface area (Å²) < 4.78 is 38.6. The van der Waals surface area contributed by atoms with Crippen molar-refractivity contribution < 1.29 is 18.0 Å². The van der Waals surface area contributed by atoms with Gasteiger partial charge in [-0.05, 0) is 24.0 Å². The van der Waals surface area contributed by atoms with Crippen LogP contribution in [0.2, 0.25) is 0 Å². The summed E-state index contributed by atoms with van der Waals surface area (Å²) in [5.41, 5.74) is 6.24. The van der Waals surface area contributed by atoms with Crippen molar-refractivity contribution in [3.8, 4) is 10.6 Å². The number of piperidine rings is 1. The van der Waals surface area contributed by atoms with Crippen LogP contribution in [0.1, 0.15) is 31.5 Å². The Bertz CT molecular complexity index is 842. The maximum atomic E-state index is 12.9. The molecule has 10 heteroatoms. The first-order valence-electron chi connectivity index (χ1n) is 8.72. The van der Waals surface area contributed by atoms with Crippen LogP contribution in [0.15, 0.2) is 29.6 Å². The monoisotopic (exact) mass is 469 g/mol. The number of likely N-dealkylation sites (tertiary alicyclic amines) is 1. The van der Waals surface area contributed by atoms with E-state index in [1.165, 1.54) is 17.4 Å². The van der Waals surface area contributed by atoms with Crippen molar-refractivity contribution in [3.63, 3.8) is 0 Å². The van der Waals surface area contributed by atoms with E-state index < -0.39 is 11.7 Å². The topological polar surface area (TPSA) is 59.2 Å². The summed E-state index contributed by atoms with van der Waals surface area (Å²) in [5, 5.41) is 2.21. The first kappa shape index (κ1) is 25.7. The predicted octanol–water partition coefficient (Wildman–Crippen LogP) is 4.80. The summed E-state index contributed by atoms with van der Waals surface area (Å²) in [4.78, 5) is 18.8. The lowest BCUT2D eigenvalue weighted by Gasteiger charge is -2.42. The lowest BCUT2D eigenvalue weighted by molar-refractivity contribution is -0.137. The fraction of sp³-hybridized carbons (Fsp3) is 0.474. The fourth-order valence-corrected chi connectivity index (χ4v) is 4.02. The second kappa shape index (κ2) is 9.64. The van der Waals surface area contributed by atoms with Crippen molar-refractivity contribution in [2.24, 2.45) is 11.1 Å². The Labute approximate surface area is 184 Å². The number of carbonyl (C=O) groups is 1. The Morgan fingerprint density at radius 1 is 1.34 bits per heavy atom. The van der Waals surface area contributed by atoms with Crippen molar-refractivity contribution >= 4 is 42.1 Å². The Morgan fingerprint density at radius 3 is 2.66 bits per heavy atom. The number of thiazole rings is 1. The summed E-state index contributed by atoms with van der Waals surface area (Å²) in [7, 11) is 0. The van der Waals surface area contributed by atoms with E-state index in [1.54, 1.807) is 16.3 Å². The van der Waals surface area contributed by atoms with Gasteiger partial charge in [0.1, 0.15) is 5.01 Å². The van der Waals surface area contributed by atoms with E-state index in [0.29, 0.717) is 29.4 Å². The van der Waals surface area contributed by atoms with E-state index in [-0.39, 0.29) is 48.6 Å². The lowest BCUT2D eigenvalue weighted by atomic mass is 9.79. The molecule has 29 heavy (non-hydrogen) atoms. The molecule has 1 aromatic heterocycles. The third-order valence-electron chi connectivity index (χ3n) is 4.99. The molecule has 1 aliphatic rings. The molecule has 1 aromatic carbocycles. The average molecular weight is 470 g/mol. The van der Waals surface area contributed by atoms with Gasteiger partial charge in [0.25, 0.3) is 0 Å². The number of aromatic nitrogens is 1. The normalized spacial score (nSPS) is 18.6. The van der Waals surface area contributed by atoms with Gasteiger partial charge in [-0.15, -0.1) is 36.2 Å². The van der Waals surface area contributed by atoms with Gasteiger partial charge in [-0.2, -0.15) is 13.2 Å². The van der Waals surface area contributed by atoms with Gasteiger partial charge in [-0.3, -0.25) is 4.79 Å². The number of hydrogen-bond acceptors (Lipinski definition) is 4. The summed E-state index contributed by atoms with van der Waals surface area (Å²) in [6.07, 6.45) is -3.50. The molecule has 1 saturated heterocycles. The number of nitrogens with zero attached hydrogens (tertiary/aromatic N) is 2. The predicted molar refractivity (Wildman–Crippen MR) is 114 cm³/mol. The highest BCUT2D eigenvalue weighted by molar-refractivity contribution is 7.13. The minimum absolute atomic E-state index is 0. The zero-order valence-electron chi connectivity index (χ0n) is 16.0. The molecule has 4 nitrogen and oxygen atoms in total. The Hall–Kier alpha value is -1.35. The molecule has 1 fully saturated rings. The van der Waals surface area contributed by atoms with Crippen molar-refractivity contribution in [1.29, 1.82) is 0 Å². The van der Waals surface area contributed by atoms with Crippen LogP contribution in [-0.4, -0.2) is 34.9 Å². The van der Waals surface area contributed by atoms with Crippen molar-refractivity contribution in [1.82, 2.24) is 9.88 Å². The van der Waals surface area contributed by atoms with Gasteiger partial charge >= 0.3 is 6.18 Å². The van der Waals surface area contributed by atoms with Crippen molar-refractivity contribution in [2.75, 3.05) is 13.1 Å². The number of carbonyl (C=O) groups excluding carboxylic acids is 1. The molecular formula is C19H24Cl2F3N3OS. The van der Waals surface area contributed by atoms with E-state index in [0.717, 1.165) is 18.6 Å². The van der Waals surface area contributed by atoms with Gasteiger partial charge in [0.15, 0.2) is 0 Å². The first-order chi connectivity index (χ1) is 12.6. The third kappa shape index (κ3) is 6.07. The Kier molecular flexibility index (Phi) is 8.54. The van der Waals surface area contributed by atoms with Crippen LogP contribution in [0, 0.1) is 5.41 Å². The Morgan fingerprint density at radius 2 is 2.03 bits per heavy atom. The molecule has 1 aliphatic heterocycles. The fourth-order valence-electron chi connectivity index (χ4n) is 3.20. The van der Waals surface area contributed by atoms with Gasteiger partial charge in [-0.1, -0.05) is 26.0 Å². The quantitative estimate of drug-likeness (QED) is 0.701. The number of nitrogens with two attached hydrogens (primary N) is 1. The maximum Gasteiger partial charge on any atom is 0.416 e. The number of hydrogen-bond donors (Lipinski definition) is 1. The standard InChI is InChI=1S/C19H22F3N3OS.2ClH/c1-18(2)11-25(7-6-15(18)23)16(26)9-14-10-27-17(24-14)12-4-3-5-13(8-12)19(20,21)22;;/h3-5,8,10,15H,6-7,9,11,23H2,1-2H3;2*1H. The van der Waals surface area contributed by atoms with Crippen LogP contribution >= 0.6 is 36.2 Å². The van der Waals surface area contributed by atoms with E-state index in [1.807, 2.05) is 13.8 Å². The van der Waals surface area contributed by atoms with Crippen molar-refractivity contribution in [2.45, 2.75) is 38.9 Å². The summed E-state index contributed by atoms with van der Waals surface area (Å²) in [6, 6.07) is 5.13. The molecule has 1 amide bonds. The molecule has 0 saturated carbocycles. The Balaban J connectivity index is 0.00000210. The molecule has 162 valence electrons. The molecule has 2 aromatic rings. The molecule has 0 radical (unpaired) electrons. The molecule has 1 atom stereocenters. The van der Waals surface area contributed by atoms with Gasteiger partial charge in [0, 0.05) is 30.1 Å². The van der Waals surface area contributed by atoms with Crippen LogP contribution in [0.4, 0.5) is 13.2 Å². The second-order valence-corrected chi connectivity index (χ2v) is 8.46. The molecule has 0 aliphatic carbocycles. The minimum atomic E-state index is -4.39. The SMILES string of the molecule is CC1(C)CN(C(=O)Cc2csc(-c3cccc(C(F)(F)F)c3)n2)CCC1N.Cl.Cl. The smallest absolute Gasteiger partial charge is 0.342 e. The second-order valence-electron chi connectivity index (χ2n) is 7.60. The maximum absolute atomic E-state index is 12.9. The van der Waals surface area contributed by atoms with Gasteiger partial charge in [0.2, 0.25) is 5.91 Å². The highest BCUT2D eigenvalue weighted by Gasteiger charge is 2.35. The van der Waals surface area contributed by atoms with Gasteiger partial charge in [-0.25, -0.2) is 4.98 Å². The van der Waals surface area contributed by atoms with Crippen LogP contribution in [-0.2, 0) is 17.4 Å². The van der Waals surface area contributed by atoms with Crippen LogP contribution in [0.5, 0.6) is 0 Å². The molecule has 0 bridgehead atoms. The van der Waals surface area contributed by atoms with Crippen LogP contribution in [0.25, 0.3) is 10.6 Å². The zero-order valence-corrected chi connectivity index (χ0v) is 18.5. The lowest BCUT2D eigenvalue weighted by Crippen LogP contribution is -2.54. The number of alkyl halides is 3. The summed E-state index contributed by atoms with van der Waals surface area (Å²) >= 11 is 1.24. The zero-order chi connectivity index (χ0) is 19.8. The summed E-state index contributed by atoms with van der Waals surface area (Å²) in [6.45, 7) is 5.31. The van der Waals surface area contributed by atoms with E-state index in [4.69, 9.17) is 5.73 Å².